The van der Waals surface area contributed by atoms with Crippen molar-refractivity contribution in [3.05, 3.63) is 155 Å². The van der Waals surface area contributed by atoms with Crippen molar-refractivity contribution in [2.45, 2.75) is 122 Å². The summed E-state index contributed by atoms with van der Waals surface area (Å²) in [6, 6.07) is 41.1. The quantitative estimate of drug-likeness (QED) is 0.161. The number of hydrogen-bond acceptors (Lipinski definition) is 4. The van der Waals surface area contributed by atoms with Crippen LogP contribution in [0.3, 0.4) is 0 Å². The smallest absolute Gasteiger partial charge is 0.252 e. The summed E-state index contributed by atoms with van der Waals surface area (Å²) < 4.78 is 12.3. The predicted molar refractivity (Wildman–Crippen MR) is 286 cm³/mol. The van der Waals surface area contributed by atoms with Crippen LogP contribution in [0.15, 0.2) is 127 Å². The van der Waals surface area contributed by atoms with Gasteiger partial charge in [0.25, 0.3) is 6.71 Å². The molecule has 14 rings (SSSR count). The number of hydrogen-bond donors (Lipinski definition) is 0. The standard InChI is InChI=1S/C61H58BN3OS/c1-35-29-48-54-49(30-35)64-55-41(57-56(64)39-17-10-12-20-50(39)66-57)31-37(59(5,6)7)33-44(55)62(54)43-25-24-38(34-47(43)63(48)46-19-16-22-52-53(46)40-18-11-13-21-51(40)67-52)65-45-26-23-36(58(2,3)4)32-42(45)60(8)27-14-15-28-61(60,65)9/h10-13,16,18-26,29-34,39H,14-15,17,27-28H2,1-9H3. The number of thiophene rings is 1. The molecule has 0 radical (unpaired) electrons. The number of benzene rings is 6. The maximum Gasteiger partial charge on any atom is 0.252 e. The van der Waals surface area contributed by atoms with Crippen molar-refractivity contribution < 1.29 is 4.74 Å². The van der Waals surface area contributed by atoms with Crippen LogP contribution in [0, 0.1) is 6.92 Å². The van der Waals surface area contributed by atoms with Gasteiger partial charge < -0.3 is 19.1 Å². The molecule has 6 heteroatoms. The summed E-state index contributed by atoms with van der Waals surface area (Å²) in [6.45, 7) is 21.7. The van der Waals surface area contributed by atoms with Gasteiger partial charge in [-0.2, -0.15) is 0 Å². The lowest BCUT2D eigenvalue weighted by atomic mass is 9.33. The molecular formula is C61H58BN3OS. The summed E-state index contributed by atoms with van der Waals surface area (Å²) in [5.74, 6) is 2.30. The van der Waals surface area contributed by atoms with Gasteiger partial charge in [0.05, 0.1) is 28.4 Å². The number of fused-ring (bicyclic) bond motifs is 15. The fourth-order valence-corrected chi connectivity index (χ4v) is 14.9. The van der Waals surface area contributed by atoms with Gasteiger partial charge in [-0.1, -0.05) is 122 Å². The molecule has 2 aromatic heterocycles. The molecule has 332 valence electrons. The molecule has 6 aromatic carbocycles. The van der Waals surface area contributed by atoms with Gasteiger partial charge in [-0.3, -0.25) is 0 Å². The van der Waals surface area contributed by atoms with Crippen molar-refractivity contribution in [3.63, 3.8) is 0 Å². The molecule has 2 aliphatic carbocycles. The Bertz CT molecular complexity index is 3590. The molecule has 0 N–H and O–H groups in total. The van der Waals surface area contributed by atoms with E-state index in [0.29, 0.717) is 0 Å². The summed E-state index contributed by atoms with van der Waals surface area (Å²) in [7, 11) is 0. The Morgan fingerprint density at radius 3 is 2.33 bits per heavy atom. The lowest BCUT2D eigenvalue weighted by Gasteiger charge is -2.50. The van der Waals surface area contributed by atoms with Crippen LogP contribution in [0.4, 0.5) is 28.4 Å². The molecule has 4 aliphatic heterocycles. The second-order valence-electron chi connectivity index (χ2n) is 23.3. The van der Waals surface area contributed by atoms with Crippen molar-refractivity contribution in [1.82, 2.24) is 4.57 Å². The Balaban J connectivity index is 1.09. The van der Waals surface area contributed by atoms with Crippen molar-refractivity contribution in [1.29, 1.82) is 0 Å². The van der Waals surface area contributed by atoms with Crippen molar-refractivity contribution in [2.24, 2.45) is 0 Å². The number of allylic oxidation sites excluding steroid dienone is 4. The molecule has 6 aliphatic rings. The summed E-state index contributed by atoms with van der Waals surface area (Å²) in [5.41, 5.74) is 20.0. The highest BCUT2D eigenvalue weighted by molar-refractivity contribution is 7.26. The molecule has 0 spiro atoms. The van der Waals surface area contributed by atoms with E-state index in [1.165, 1.54) is 129 Å². The van der Waals surface area contributed by atoms with Crippen molar-refractivity contribution >= 4 is 94.0 Å². The first-order valence-electron chi connectivity index (χ1n) is 24.9. The zero-order valence-corrected chi connectivity index (χ0v) is 41.2. The van der Waals surface area contributed by atoms with E-state index >= 15 is 0 Å². The highest BCUT2D eigenvalue weighted by Gasteiger charge is 2.58. The topological polar surface area (TPSA) is 20.6 Å². The molecule has 67 heavy (non-hydrogen) atoms. The number of nitrogens with zero attached hydrogens (tertiary/aromatic N) is 3. The molecule has 3 atom stereocenters. The fraction of sp³-hybridized carbons (Fsp3) is 0.311. The van der Waals surface area contributed by atoms with E-state index in [9.17, 15) is 0 Å². The molecule has 0 amide bonds. The van der Waals surface area contributed by atoms with Gasteiger partial charge in [0.2, 0.25) is 0 Å². The van der Waals surface area contributed by atoms with E-state index < -0.39 is 0 Å². The van der Waals surface area contributed by atoms with Crippen LogP contribution in [-0.2, 0) is 16.2 Å². The summed E-state index contributed by atoms with van der Waals surface area (Å²) in [5, 5.41) is 3.89. The monoisotopic (exact) mass is 891 g/mol. The van der Waals surface area contributed by atoms with E-state index in [2.05, 4.69) is 198 Å². The molecule has 8 aromatic rings. The Hall–Kier alpha value is -5.98. The third kappa shape index (κ3) is 5.15. The molecule has 4 nitrogen and oxygen atoms in total. The summed E-state index contributed by atoms with van der Waals surface area (Å²) in [6.07, 6.45) is 12.5. The molecular weight excluding hydrogens is 834 g/mol. The first-order chi connectivity index (χ1) is 32.1. The van der Waals surface area contributed by atoms with Gasteiger partial charge in [-0.05, 0) is 143 Å². The Morgan fingerprint density at radius 2 is 1.49 bits per heavy atom. The molecule has 1 saturated carbocycles. The van der Waals surface area contributed by atoms with Gasteiger partial charge in [0, 0.05) is 59.4 Å². The lowest BCUT2D eigenvalue weighted by molar-refractivity contribution is 0.195. The number of ether oxygens (including phenoxy) is 1. The second-order valence-corrected chi connectivity index (χ2v) is 24.3. The van der Waals surface area contributed by atoms with Gasteiger partial charge in [-0.25, -0.2) is 0 Å². The zero-order chi connectivity index (χ0) is 45.7. The highest BCUT2D eigenvalue weighted by atomic mass is 32.1. The van der Waals surface area contributed by atoms with E-state index in [1.807, 2.05) is 11.3 Å². The first-order valence-corrected chi connectivity index (χ1v) is 25.7. The van der Waals surface area contributed by atoms with Gasteiger partial charge in [0.1, 0.15) is 5.76 Å². The van der Waals surface area contributed by atoms with Crippen LogP contribution >= 0.6 is 11.3 Å². The largest absolute Gasteiger partial charge is 0.458 e. The van der Waals surface area contributed by atoms with Crippen LogP contribution in [0.25, 0.3) is 36.8 Å². The van der Waals surface area contributed by atoms with Gasteiger partial charge in [0.15, 0.2) is 5.75 Å². The Kier molecular flexibility index (Phi) is 7.89. The third-order valence-electron chi connectivity index (χ3n) is 17.4. The average Bonchev–Trinajstić information content (AvgIpc) is 4.02. The molecule has 0 saturated heterocycles. The van der Waals surface area contributed by atoms with Gasteiger partial charge in [-0.15, -0.1) is 11.3 Å². The Morgan fingerprint density at radius 1 is 0.701 bits per heavy atom. The van der Waals surface area contributed by atoms with Crippen LogP contribution in [0.5, 0.6) is 5.75 Å². The Labute approximate surface area is 399 Å². The SMILES string of the molecule is Cc1cc2c3c(c1)-n1c4c(c5cc(C(C)(C)C)cc(c51)B3c1ccc(N3c5ccc(C(C)(C)C)cc5C5(C)CCCCC35C)cc1N2c1cccc2sc3ccccc3c12)OC1=CC=CCC14. The minimum atomic E-state index is -0.0793. The number of anilines is 5. The number of aryl methyl sites for hydroxylation is 1. The second kappa shape index (κ2) is 13.2. The van der Waals surface area contributed by atoms with E-state index in [0.717, 1.165) is 24.4 Å². The third-order valence-corrected chi connectivity index (χ3v) is 18.5. The average molecular weight is 892 g/mol. The molecule has 0 bridgehead atoms. The molecule has 6 heterocycles. The summed E-state index contributed by atoms with van der Waals surface area (Å²) >= 11 is 1.91. The summed E-state index contributed by atoms with van der Waals surface area (Å²) in [4.78, 5) is 5.48. The van der Waals surface area contributed by atoms with Crippen molar-refractivity contribution in [3.8, 4) is 11.4 Å². The molecule has 3 unspecified atom stereocenters. The number of aromatic nitrogens is 1. The van der Waals surface area contributed by atoms with Crippen LogP contribution in [0.1, 0.15) is 121 Å². The maximum absolute atomic E-state index is 7.02. The van der Waals surface area contributed by atoms with E-state index in [4.69, 9.17) is 4.74 Å². The zero-order valence-electron chi connectivity index (χ0n) is 40.4. The van der Waals surface area contributed by atoms with Crippen LogP contribution < -0.4 is 30.9 Å². The first kappa shape index (κ1) is 40.1. The fourth-order valence-electron chi connectivity index (χ4n) is 13.8. The van der Waals surface area contributed by atoms with Crippen molar-refractivity contribution in [2.75, 3.05) is 9.80 Å². The van der Waals surface area contributed by atoms with Crippen LogP contribution in [-0.4, -0.2) is 16.8 Å². The normalized spacial score (nSPS) is 22.1. The number of rotatable bonds is 2. The molecule has 1 fully saturated rings. The van der Waals surface area contributed by atoms with E-state index in [-0.39, 0.29) is 34.4 Å². The highest BCUT2D eigenvalue weighted by Crippen LogP contribution is 2.62. The van der Waals surface area contributed by atoms with Crippen LogP contribution in [0.2, 0.25) is 0 Å². The predicted octanol–water partition coefficient (Wildman–Crippen LogP) is 14.6. The van der Waals surface area contributed by atoms with E-state index in [1.54, 1.807) is 0 Å². The maximum atomic E-state index is 7.02. The minimum Gasteiger partial charge on any atom is -0.458 e. The minimum absolute atomic E-state index is 0.0219. The lowest BCUT2D eigenvalue weighted by Crippen LogP contribution is -2.61. The van der Waals surface area contributed by atoms with Gasteiger partial charge >= 0.3 is 0 Å².